The number of halogens is 2. The molecule has 2 saturated carbocycles. The quantitative estimate of drug-likeness (QED) is 0.0890. The van der Waals surface area contributed by atoms with Crippen molar-refractivity contribution in [3.05, 3.63) is 122 Å². The Morgan fingerprint density at radius 2 is 0.969 bits per heavy atom. The fraction of sp³-hybridized carbons (Fsp3) is 0.520. The predicted molar refractivity (Wildman–Crippen MR) is 269 cm³/mol. The molecule has 0 spiro atoms. The zero-order valence-electron chi connectivity index (χ0n) is 39.6. The Morgan fingerprint density at radius 1 is 0.609 bits per heavy atom. The smallest absolute Gasteiger partial charge is 0.253 e. The Bertz CT molecular complexity index is 2400. The molecule has 2 aromatic carbocycles. The molecule has 0 bridgehead atoms. The summed E-state index contributed by atoms with van der Waals surface area (Å²) in [5, 5.41) is 5.90. The number of hydrogen-bond donors (Lipinski definition) is 5. The van der Waals surface area contributed by atoms with Crippen LogP contribution < -0.4 is 37.3 Å². The summed E-state index contributed by atoms with van der Waals surface area (Å²) in [4.78, 5) is 63.7. The zero-order valence-corrected chi connectivity index (χ0v) is 42.7. The van der Waals surface area contributed by atoms with E-state index >= 15 is 0 Å². The average molecular weight is 1010 g/mol. The number of benzene rings is 2. The van der Waals surface area contributed by atoms with E-state index in [9.17, 15) is 19.2 Å². The van der Waals surface area contributed by atoms with Crippen molar-refractivity contribution in [3.8, 4) is 0 Å². The molecular weight excluding hydrogens is 936 g/mol. The first-order chi connectivity index (χ1) is 30.3. The number of amides is 2. The van der Waals surface area contributed by atoms with Gasteiger partial charge in [-0.15, -0.1) is 0 Å². The molecule has 2 aliphatic rings. The van der Waals surface area contributed by atoms with Crippen LogP contribution in [0.5, 0.6) is 0 Å². The predicted octanol–water partition coefficient (Wildman–Crippen LogP) is 8.78. The third-order valence-electron chi connectivity index (χ3n) is 13.3. The van der Waals surface area contributed by atoms with Crippen LogP contribution in [0.15, 0.2) is 54.9 Å². The minimum Gasteiger partial charge on any atom is -0.369 e. The van der Waals surface area contributed by atoms with Crippen LogP contribution in [-0.2, 0) is 13.1 Å². The molecule has 2 heterocycles. The van der Waals surface area contributed by atoms with Gasteiger partial charge in [0.15, 0.2) is 0 Å². The van der Waals surface area contributed by atoms with Crippen LogP contribution in [0.25, 0.3) is 0 Å². The van der Waals surface area contributed by atoms with E-state index in [-0.39, 0.29) is 36.0 Å². The van der Waals surface area contributed by atoms with E-state index in [4.69, 9.17) is 5.73 Å². The number of H-pyrrole nitrogens is 2. The molecule has 0 saturated heterocycles. The van der Waals surface area contributed by atoms with E-state index in [1.54, 1.807) is 0 Å². The van der Waals surface area contributed by atoms with Gasteiger partial charge in [0.05, 0.1) is 0 Å². The zero-order chi connectivity index (χ0) is 47.0. The molecule has 0 atom stereocenters. The number of nitrogens with zero attached hydrogens (tertiary/aromatic N) is 3. The number of anilines is 2. The number of aromatic nitrogens is 2. The van der Waals surface area contributed by atoms with Gasteiger partial charge in [-0.05, 0) is 180 Å². The first-order valence-corrected chi connectivity index (χ1v) is 24.4. The average Bonchev–Trinajstić information content (AvgIpc) is 3.23. The maximum absolute atomic E-state index is 13.2. The summed E-state index contributed by atoms with van der Waals surface area (Å²) in [6.07, 6.45) is 8.89. The van der Waals surface area contributed by atoms with Crippen LogP contribution >= 0.6 is 31.9 Å². The highest BCUT2D eigenvalue weighted by molar-refractivity contribution is 9.10. The van der Waals surface area contributed by atoms with E-state index in [2.05, 4.69) is 107 Å². The highest BCUT2D eigenvalue weighted by atomic mass is 79.9. The molecule has 348 valence electrons. The van der Waals surface area contributed by atoms with Crippen molar-refractivity contribution in [1.82, 2.24) is 25.5 Å². The molecule has 64 heavy (non-hydrogen) atoms. The van der Waals surface area contributed by atoms with E-state index in [1.165, 1.54) is 12.8 Å². The summed E-state index contributed by atoms with van der Waals surface area (Å²) >= 11 is 7.22. The van der Waals surface area contributed by atoms with Gasteiger partial charge in [0.1, 0.15) is 0 Å². The number of pyridine rings is 2. The van der Waals surface area contributed by atoms with E-state index in [1.807, 2.05) is 65.8 Å². The van der Waals surface area contributed by atoms with Gasteiger partial charge in [-0.25, -0.2) is 0 Å². The van der Waals surface area contributed by atoms with Crippen LogP contribution in [0, 0.1) is 41.5 Å². The van der Waals surface area contributed by atoms with E-state index in [0.29, 0.717) is 46.4 Å². The van der Waals surface area contributed by atoms with Crippen LogP contribution in [0.1, 0.15) is 131 Å². The fourth-order valence-electron chi connectivity index (χ4n) is 9.68. The van der Waals surface area contributed by atoms with Crippen molar-refractivity contribution >= 4 is 55.0 Å². The molecule has 2 aliphatic carbocycles. The number of hydrogen-bond acceptors (Lipinski definition) is 8. The van der Waals surface area contributed by atoms with Crippen molar-refractivity contribution in [1.29, 1.82) is 0 Å². The number of rotatable bonds is 13. The Kier molecular flexibility index (Phi) is 18.1. The minimum atomic E-state index is -0.179. The summed E-state index contributed by atoms with van der Waals surface area (Å²) in [6.45, 7) is 18.0. The van der Waals surface area contributed by atoms with E-state index in [0.717, 1.165) is 106 Å². The second-order valence-electron chi connectivity index (χ2n) is 18.0. The highest BCUT2D eigenvalue weighted by Crippen LogP contribution is 2.35. The van der Waals surface area contributed by atoms with Crippen LogP contribution in [-0.4, -0.2) is 78.0 Å². The third-order valence-corrected chi connectivity index (χ3v) is 14.3. The van der Waals surface area contributed by atoms with E-state index < -0.39 is 0 Å². The maximum Gasteiger partial charge on any atom is 0.253 e. The second kappa shape index (κ2) is 22.8. The van der Waals surface area contributed by atoms with Crippen LogP contribution in [0.4, 0.5) is 11.4 Å². The fourth-order valence-corrected chi connectivity index (χ4v) is 10.6. The third kappa shape index (κ3) is 12.6. The first-order valence-electron chi connectivity index (χ1n) is 22.8. The van der Waals surface area contributed by atoms with Gasteiger partial charge in [-0.1, -0.05) is 31.9 Å². The summed E-state index contributed by atoms with van der Waals surface area (Å²) in [7, 11) is 4.33. The van der Waals surface area contributed by atoms with Gasteiger partial charge >= 0.3 is 0 Å². The number of aromatic amines is 2. The summed E-state index contributed by atoms with van der Waals surface area (Å²) in [6, 6.07) is 13.7. The molecule has 0 radical (unpaired) electrons. The molecule has 12 nitrogen and oxygen atoms in total. The molecular formula is C50H70Br2N8O4. The van der Waals surface area contributed by atoms with Gasteiger partial charge in [0.25, 0.3) is 22.9 Å². The summed E-state index contributed by atoms with van der Waals surface area (Å²) < 4.78 is 1.76. The van der Waals surface area contributed by atoms with Gasteiger partial charge in [-0.2, -0.15) is 0 Å². The Labute approximate surface area is 396 Å². The van der Waals surface area contributed by atoms with Gasteiger partial charge in [0, 0.05) is 104 Å². The van der Waals surface area contributed by atoms with Crippen molar-refractivity contribution < 1.29 is 9.59 Å². The van der Waals surface area contributed by atoms with Gasteiger partial charge < -0.3 is 41.0 Å². The number of carbonyl (C=O) groups excluding carboxylic acids is 2. The summed E-state index contributed by atoms with van der Waals surface area (Å²) in [5.41, 5.74) is 15.7. The molecule has 2 fully saturated rings. The van der Waals surface area contributed by atoms with Crippen molar-refractivity contribution in [2.45, 2.75) is 144 Å². The monoisotopic (exact) mass is 1000 g/mol. The maximum atomic E-state index is 13.2. The van der Waals surface area contributed by atoms with Crippen molar-refractivity contribution in [3.63, 3.8) is 0 Å². The van der Waals surface area contributed by atoms with Crippen LogP contribution in [0.2, 0.25) is 0 Å². The van der Waals surface area contributed by atoms with Crippen molar-refractivity contribution in [2.75, 3.05) is 37.0 Å². The molecule has 2 aromatic heterocycles. The standard InChI is InChI=1S/C26H37BrN4O2.C24H33BrN4O2/c1-7-31(21-10-8-20(9-11-21)30(5)6)24-14-19(27)13-22(18(24)4)25(32)28-15-23-16(2)12-17(3)29-26(23)33;1-5-29(19-8-6-18(26)7-9-19)22-12-17(25)11-20(16(22)4)23(30)27-13-21-14(2)10-15(3)28-24(21)31/h12-14,20-21H,7-11,15H2,1-6H3,(H,28,32)(H,29,33);10-12,18-19H,5-9,13,26H2,1-4H3,(H,27,30)(H,28,31). The Balaban J connectivity index is 0.000000241. The van der Waals surface area contributed by atoms with Crippen LogP contribution in [0.3, 0.4) is 0 Å². The normalized spacial score (nSPS) is 18.5. The SMILES string of the molecule is CCN(c1cc(Br)cc(C(=O)NCc2c(C)cc(C)[nH]c2=O)c1C)C1CCC(N(C)C)CC1.CCN(c1cc(Br)cc(C(=O)NCc2c(C)cc(C)[nH]c2=O)c1C)C1CCC(N)CC1. The Morgan fingerprint density at radius 3 is 1.31 bits per heavy atom. The molecule has 0 aliphatic heterocycles. The first kappa shape index (κ1) is 50.8. The lowest BCUT2D eigenvalue weighted by molar-refractivity contribution is 0.0942. The number of nitrogens with one attached hydrogen (secondary N) is 4. The molecule has 4 aromatic rings. The van der Waals surface area contributed by atoms with Gasteiger partial charge in [-0.3, -0.25) is 19.2 Å². The molecule has 6 rings (SSSR count). The lowest BCUT2D eigenvalue weighted by atomic mass is 9.89. The number of nitrogens with two attached hydrogens (primary N) is 1. The molecule has 2 amide bonds. The molecule has 0 unspecified atom stereocenters. The molecule has 6 N–H and O–H groups in total. The largest absolute Gasteiger partial charge is 0.369 e. The van der Waals surface area contributed by atoms with Crippen molar-refractivity contribution in [2.24, 2.45) is 5.73 Å². The highest BCUT2D eigenvalue weighted by Gasteiger charge is 2.29. The molecule has 14 heteroatoms. The number of carbonyl (C=O) groups is 2. The summed E-state index contributed by atoms with van der Waals surface area (Å²) in [5.74, 6) is -0.345. The Hall–Kier alpha value is -4.24. The second-order valence-corrected chi connectivity index (χ2v) is 19.8. The lowest BCUT2D eigenvalue weighted by Crippen LogP contribution is -2.42. The number of aryl methyl sites for hydroxylation is 4. The lowest BCUT2D eigenvalue weighted by Gasteiger charge is -2.40. The topological polar surface area (TPSA) is 160 Å². The minimum absolute atomic E-state index is 0.148. The van der Waals surface area contributed by atoms with Gasteiger partial charge in [0.2, 0.25) is 0 Å².